The van der Waals surface area contributed by atoms with Crippen LogP contribution in [-0.4, -0.2) is 10.2 Å². The number of hydrogen-bond donors (Lipinski definition) is 2. The van der Waals surface area contributed by atoms with Crippen LogP contribution >= 0.6 is 0 Å². The number of phenolic OH excluding ortho intramolecular Hbond substituents is 2. The second kappa shape index (κ2) is 7.98. The van der Waals surface area contributed by atoms with E-state index in [1.807, 2.05) is 25.1 Å². The number of rotatable bonds is 3. The maximum Gasteiger partial charge on any atom is 0.127 e. The standard InChI is InChI=1S/C28H34O2/c1-18-14-19(16-24(26(18)29)20-10-6-5-7-11-20)15-21-17-25(28(2,3)4)27(30)23-13-9-8-12-22(21)23/h8-9,12-14,16-17,20,29-30H,5-7,10-11,15H2,1-4H3. The number of benzene rings is 3. The van der Waals surface area contributed by atoms with Crippen molar-refractivity contribution in [1.29, 1.82) is 0 Å². The minimum Gasteiger partial charge on any atom is -0.507 e. The van der Waals surface area contributed by atoms with Crippen molar-refractivity contribution >= 4 is 10.8 Å². The predicted molar refractivity (Wildman–Crippen MR) is 126 cm³/mol. The van der Waals surface area contributed by atoms with Gasteiger partial charge < -0.3 is 10.2 Å². The predicted octanol–water partition coefficient (Wildman–Crippen LogP) is 7.50. The van der Waals surface area contributed by atoms with Gasteiger partial charge in [-0.15, -0.1) is 0 Å². The number of fused-ring (bicyclic) bond motifs is 1. The Morgan fingerprint density at radius 3 is 2.20 bits per heavy atom. The molecule has 0 bridgehead atoms. The largest absolute Gasteiger partial charge is 0.507 e. The van der Waals surface area contributed by atoms with Gasteiger partial charge in [0.25, 0.3) is 0 Å². The molecule has 30 heavy (non-hydrogen) atoms. The lowest BCUT2D eigenvalue weighted by Gasteiger charge is -2.25. The van der Waals surface area contributed by atoms with Crippen LogP contribution in [0, 0.1) is 6.92 Å². The van der Waals surface area contributed by atoms with Crippen LogP contribution in [0.2, 0.25) is 0 Å². The Morgan fingerprint density at radius 1 is 0.867 bits per heavy atom. The van der Waals surface area contributed by atoms with Crippen molar-refractivity contribution < 1.29 is 10.2 Å². The fraction of sp³-hybridized carbons (Fsp3) is 0.429. The van der Waals surface area contributed by atoms with Crippen molar-refractivity contribution in [2.75, 3.05) is 0 Å². The van der Waals surface area contributed by atoms with E-state index in [9.17, 15) is 10.2 Å². The summed E-state index contributed by atoms with van der Waals surface area (Å²) < 4.78 is 0. The molecule has 0 unspecified atom stereocenters. The van der Waals surface area contributed by atoms with Gasteiger partial charge in [-0.05, 0) is 65.2 Å². The van der Waals surface area contributed by atoms with Crippen LogP contribution in [0.5, 0.6) is 11.5 Å². The fourth-order valence-electron chi connectivity index (χ4n) is 5.08. The zero-order valence-electron chi connectivity index (χ0n) is 18.8. The summed E-state index contributed by atoms with van der Waals surface area (Å²) in [5.41, 5.74) is 5.41. The van der Waals surface area contributed by atoms with Crippen LogP contribution in [-0.2, 0) is 11.8 Å². The monoisotopic (exact) mass is 402 g/mol. The highest BCUT2D eigenvalue weighted by Gasteiger charge is 2.23. The van der Waals surface area contributed by atoms with Gasteiger partial charge in [0.15, 0.2) is 0 Å². The van der Waals surface area contributed by atoms with Gasteiger partial charge in [0, 0.05) is 10.9 Å². The molecule has 0 amide bonds. The van der Waals surface area contributed by atoms with Crippen molar-refractivity contribution in [3.05, 3.63) is 70.3 Å². The van der Waals surface area contributed by atoms with E-state index in [1.54, 1.807) is 0 Å². The molecule has 2 nitrogen and oxygen atoms in total. The molecule has 0 aliphatic heterocycles. The molecule has 3 aromatic rings. The summed E-state index contributed by atoms with van der Waals surface area (Å²) in [6, 6.07) is 14.7. The maximum absolute atomic E-state index is 10.9. The van der Waals surface area contributed by atoms with Crippen molar-refractivity contribution in [3.63, 3.8) is 0 Å². The molecule has 1 fully saturated rings. The lowest BCUT2D eigenvalue weighted by Crippen LogP contribution is -2.12. The third kappa shape index (κ3) is 3.93. The molecule has 2 N–H and O–H groups in total. The van der Waals surface area contributed by atoms with Gasteiger partial charge in [-0.3, -0.25) is 0 Å². The molecular formula is C28H34O2. The van der Waals surface area contributed by atoms with Crippen LogP contribution in [0.15, 0.2) is 42.5 Å². The van der Waals surface area contributed by atoms with E-state index in [4.69, 9.17) is 0 Å². The number of aryl methyl sites for hydroxylation is 1. The molecule has 0 radical (unpaired) electrons. The molecule has 2 heteroatoms. The first-order valence-electron chi connectivity index (χ1n) is 11.3. The van der Waals surface area contributed by atoms with E-state index >= 15 is 0 Å². The van der Waals surface area contributed by atoms with Gasteiger partial charge >= 0.3 is 0 Å². The Labute approximate surface area is 180 Å². The van der Waals surface area contributed by atoms with E-state index in [0.717, 1.165) is 33.9 Å². The van der Waals surface area contributed by atoms with Crippen LogP contribution < -0.4 is 0 Å². The SMILES string of the molecule is Cc1cc(Cc2cc(C(C)(C)C)c(O)c3ccccc23)cc(C2CCCCC2)c1O. The minimum atomic E-state index is -0.138. The second-order valence-electron chi connectivity index (χ2n) is 10.1. The summed E-state index contributed by atoms with van der Waals surface area (Å²) in [6.07, 6.45) is 6.96. The first-order valence-corrected chi connectivity index (χ1v) is 11.3. The Bertz CT molecular complexity index is 1070. The van der Waals surface area contributed by atoms with Crippen LogP contribution in [0.1, 0.15) is 86.6 Å². The molecule has 0 atom stereocenters. The maximum atomic E-state index is 10.9. The van der Waals surface area contributed by atoms with E-state index < -0.39 is 0 Å². The Hall–Kier alpha value is -2.48. The highest BCUT2D eigenvalue weighted by atomic mass is 16.3. The average Bonchev–Trinajstić information content (AvgIpc) is 2.72. The van der Waals surface area contributed by atoms with Crippen molar-refractivity contribution in [3.8, 4) is 11.5 Å². The molecule has 1 aliphatic carbocycles. The summed E-state index contributed by atoms with van der Waals surface area (Å²) in [4.78, 5) is 0. The van der Waals surface area contributed by atoms with Gasteiger partial charge in [-0.1, -0.05) is 82.5 Å². The van der Waals surface area contributed by atoms with Crippen LogP contribution in [0.4, 0.5) is 0 Å². The molecule has 0 saturated heterocycles. The number of aromatic hydroxyl groups is 2. The highest BCUT2D eigenvalue weighted by Crippen LogP contribution is 2.41. The summed E-state index contributed by atoms with van der Waals surface area (Å²) in [5, 5.41) is 23.7. The van der Waals surface area contributed by atoms with E-state index in [2.05, 4.69) is 45.0 Å². The van der Waals surface area contributed by atoms with Gasteiger partial charge in [0.1, 0.15) is 11.5 Å². The Morgan fingerprint density at radius 2 is 1.53 bits per heavy atom. The quantitative estimate of drug-likeness (QED) is 0.476. The lowest BCUT2D eigenvalue weighted by molar-refractivity contribution is 0.412. The summed E-state index contributed by atoms with van der Waals surface area (Å²) in [6.45, 7) is 8.45. The highest BCUT2D eigenvalue weighted by molar-refractivity contribution is 5.92. The topological polar surface area (TPSA) is 40.5 Å². The number of phenols is 2. The summed E-state index contributed by atoms with van der Waals surface area (Å²) in [7, 11) is 0. The molecule has 0 heterocycles. The molecule has 0 spiro atoms. The molecule has 4 rings (SSSR count). The third-order valence-corrected chi connectivity index (χ3v) is 6.74. The minimum absolute atomic E-state index is 0.138. The third-order valence-electron chi connectivity index (χ3n) is 6.74. The van der Waals surface area contributed by atoms with E-state index in [-0.39, 0.29) is 5.41 Å². The van der Waals surface area contributed by atoms with Gasteiger partial charge in [0.05, 0.1) is 0 Å². The first kappa shape index (κ1) is 20.8. The Kier molecular flexibility index (Phi) is 5.53. The smallest absolute Gasteiger partial charge is 0.127 e. The summed E-state index contributed by atoms with van der Waals surface area (Å²) >= 11 is 0. The van der Waals surface area contributed by atoms with E-state index in [0.29, 0.717) is 17.4 Å². The van der Waals surface area contributed by atoms with E-state index in [1.165, 1.54) is 43.2 Å². The molecule has 3 aromatic carbocycles. The molecular weight excluding hydrogens is 368 g/mol. The molecule has 1 aliphatic rings. The van der Waals surface area contributed by atoms with Gasteiger partial charge in [-0.25, -0.2) is 0 Å². The normalized spacial score (nSPS) is 15.6. The molecule has 1 saturated carbocycles. The Balaban J connectivity index is 1.81. The molecule has 158 valence electrons. The fourth-order valence-corrected chi connectivity index (χ4v) is 5.08. The van der Waals surface area contributed by atoms with Crippen molar-refractivity contribution in [2.24, 2.45) is 0 Å². The zero-order valence-corrected chi connectivity index (χ0v) is 18.8. The van der Waals surface area contributed by atoms with Crippen molar-refractivity contribution in [2.45, 2.75) is 77.6 Å². The van der Waals surface area contributed by atoms with Gasteiger partial charge in [0.2, 0.25) is 0 Å². The second-order valence-corrected chi connectivity index (χ2v) is 10.1. The average molecular weight is 403 g/mol. The zero-order chi connectivity index (χ0) is 21.5. The summed E-state index contributed by atoms with van der Waals surface area (Å²) in [5.74, 6) is 1.35. The van der Waals surface area contributed by atoms with Crippen LogP contribution in [0.3, 0.4) is 0 Å². The van der Waals surface area contributed by atoms with Crippen LogP contribution in [0.25, 0.3) is 10.8 Å². The molecule has 0 aromatic heterocycles. The number of hydrogen-bond acceptors (Lipinski definition) is 2. The van der Waals surface area contributed by atoms with Gasteiger partial charge in [-0.2, -0.15) is 0 Å². The lowest BCUT2D eigenvalue weighted by atomic mass is 9.81. The first-order chi connectivity index (χ1) is 14.3. The van der Waals surface area contributed by atoms with Crippen molar-refractivity contribution in [1.82, 2.24) is 0 Å².